The van der Waals surface area contributed by atoms with E-state index in [-0.39, 0.29) is 5.91 Å². The first kappa shape index (κ1) is 20.0. The molecule has 1 aliphatic rings. The molecule has 0 saturated carbocycles. The first-order chi connectivity index (χ1) is 13.0. The van der Waals surface area contributed by atoms with Gasteiger partial charge in [-0.25, -0.2) is 0 Å². The summed E-state index contributed by atoms with van der Waals surface area (Å²) < 4.78 is 11.5. The number of thioether (sulfide) groups is 1. The zero-order valence-corrected chi connectivity index (χ0v) is 17.6. The number of carbonyl (C=O) groups is 1. The van der Waals surface area contributed by atoms with Crippen molar-refractivity contribution in [3.63, 3.8) is 0 Å². The summed E-state index contributed by atoms with van der Waals surface area (Å²) in [7, 11) is 1.57. The molecule has 0 radical (unpaired) electrons. The molecule has 2 aromatic rings. The fourth-order valence-corrected chi connectivity index (χ4v) is 4.35. The molecule has 0 aromatic heterocycles. The number of carbonyl (C=O) groups excluding carboxylic acids is 1. The van der Waals surface area contributed by atoms with Gasteiger partial charge in [0.05, 0.1) is 29.3 Å². The highest BCUT2D eigenvalue weighted by molar-refractivity contribution is 8.27. The zero-order chi connectivity index (χ0) is 19.6. The molecule has 0 aliphatic carbocycles. The molecule has 1 fully saturated rings. The van der Waals surface area contributed by atoms with E-state index >= 15 is 0 Å². The first-order valence-electron chi connectivity index (χ1n) is 7.99. The molecular formula is C19H15Cl2NO3S2. The van der Waals surface area contributed by atoms with Crippen molar-refractivity contribution < 1.29 is 14.3 Å². The van der Waals surface area contributed by atoms with Crippen molar-refractivity contribution in [1.82, 2.24) is 0 Å². The summed E-state index contributed by atoms with van der Waals surface area (Å²) in [5.74, 6) is 0.929. The second-order valence-electron chi connectivity index (χ2n) is 5.42. The van der Waals surface area contributed by atoms with Crippen LogP contribution in [0.3, 0.4) is 0 Å². The van der Waals surface area contributed by atoms with Gasteiger partial charge in [0.1, 0.15) is 0 Å². The summed E-state index contributed by atoms with van der Waals surface area (Å²) in [5.41, 5.74) is 1.24. The average Bonchev–Trinajstić information content (AvgIpc) is 2.90. The van der Waals surface area contributed by atoms with E-state index in [1.165, 1.54) is 16.7 Å². The predicted octanol–water partition coefficient (Wildman–Crippen LogP) is 5.81. The van der Waals surface area contributed by atoms with Crippen LogP contribution in [0.15, 0.2) is 41.3 Å². The molecule has 0 N–H and O–H groups in total. The van der Waals surface area contributed by atoms with E-state index in [0.29, 0.717) is 43.1 Å². The van der Waals surface area contributed by atoms with Gasteiger partial charge >= 0.3 is 0 Å². The van der Waals surface area contributed by atoms with E-state index in [9.17, 15) is 4.79 Å². The summed E-state index contributed by atoms with van der Waals surface area (Å²) in [6, 6.07) is 10.4. The Bertz CT molecular complexity index is 947. The minimum Gasteiger partial charge on any atom is -0.493 e. The molecule has 1 amide bonds. The third kappa shape index (κ3) is 4.09. The molecule has 8 heteroatoms. The highest BCUT2D eigenvalue weighted by Gasteiger charge is 2.34. The van der Waals surface area contributed by atoms with Crippen LogP contribution in [-0.2, 0) is 4.79 Å². The van der Waals surface area contributed by atoms with Gasteiger partial charge in [0.2, 0.25) is 0 Å². The molecule has 1 heterocycles. The zero-order valence-electron chi connectivity index (χ0n) is 14.5. The number of hydrogen-bond donors (Lipinski definition) is 0. The Morgan fingerprint density at radius 1 is 1.26 bits per heavy atom. The normalized spacial score (nSPS) is 15.6. The Labute approximate surface area is 177 Å². The van der Waals surface area contributed by atoms with E-state index in [4.69, 9.17) is 44.9 Å². The summed E-state index contributed by atoms with van der Waals surface area (Å²) in [5, 5.41) is 0.846. The molecule has 1 saturated heterocycles. The van der Waals surface area contributed by atoms with Gasteiger partial charge in [0, 0.05) is 10.6 Å². The summed E-state index contributed by atoms with van der Waals surface area (Å²) >= 11 is 18.8. The number of rotatable bonds is 5. The van der Waals surface area contributed by atoms with Gasteiger partial charge in [-0.1, -0.05) is 59.3 Å². The molecule has 27 heavy (non-hydrogen) atoms. The smallest absolute Gasteiger partial charge is 0.270 e. The number of methoxy groups -OCH3 is 1. The Kier molecular flexibility index (Phi) is 6.32. The highest BCUT2D eigenvalue weighted by Crippen LogP contribution is 2.41. The minimum atomic E-state index is -0.250. The van der Waals surface area contributed by atoms with Gasteiger partial charge < -0.3 is 9.47 Å². The van der Waals surface area contributed by atoms with Gasteiger partial charge in [-0.05, 0) is 37.3 Å². The Morgan fingerprint density at radius 3 is 2.70 bits per heavy atom. The minimum absolute atomic E-state index is 0.250. The number of amides is 1. The van der Waals surface area contributed by atoms with E-state index in [0.717, 1.165) is 5.56 Å². The quantitative estimate of drug-likeness (QED) is 0.434. The molecule has 140 valence electrons. The van der Waals surface area contributed by atoms with Crippen LogP contribution in [0.5, 0.6) is 11.5 Å². The van der Waals surface area contributed by atoms with Crippen molar-refractivity contribution in [2.75, 3.05) is 18.6 Å². The van der Waals surface area contributed by atoms with Gasteiger partial charge in [-0.3, -0.25) is 9.69 Å². The van der Waals surface area contributed by atoms with Crippen LogP contribution in [0.2, 0.25) is 10.0 Å². The van der Waals surface area contributed by atoms with Crippen LogP contribution in [0.25, 0.3) is 6.08 Å². The predicted molar refractivity (Wildman–Crippen MR) is 116 cm³/mol. The number of ether oxygens (including phenoxy) is 2. The molecule has 4 nitrogen and oxygen atoms in total. The fourth-order valence-electron chi connectivity index (χ4n) is 2.59. The molecule has 0 unspecified atom stereocenters. The van der Waals surface area contributed by atoms with Crippen LogP contribution in [0.4, 0.5) is 5.69 Å². The number of halogens is 2. The molecular weight excluding hydrogens is 425 g/mol. The second-order valence-corrected chi connectivity index (χ2v) is 7.94. The van der Waals surface area contributed by atoms with Crippen molar-refractivity contribution in [2.45, 2.75) is 6.92 Å². The number of hydrogen-bond acceptors (Lipinski definition) is 5. The molecule has 2 aromatic carbocycles. The molecule has 3 rings (SSSR count). The van der Waals surface area contributed by atoms with Gasteiger partial charge in [0.15, 0.2) is 15.8 Å². The topological polar surface area (TPSA) is 38.8 Å². The largest absolute Gasteiger partial charge is 0.493 e. The maximum atomic E-state index is 13.0. The lowest BCUT2D eigenvalue weighted by Crippen LogP contribution is -2.27. The van der Waals surface area contributed by atoms with E-state index in [2.05, 4.69) is 0 Å². The first-order valence-corrected chi connectivity index (χ1v) is 9.97. The second kappa shape index (κ2) is 8.52. The Balaban J connectivity index is 2.00. The lowest BCUT2D eigenvalue weighted by Gasteiger charge is -2.16. The number of benzene rings is 2. The number of anilines is 1. The van der Waals surface area contributed by atoms with Crippen LogP contribution in [0.1, 0.15) is 12.5 Å². The number of nitrogens with zero attached hydrogens (tertiary/aromatic N) is 1. The molecule has 1 aliphatic heterocycles. The van der Waals surface area contributed by atoms with Gasteiger partial charge in [0.25, 0.3) is 5.91 Å². The van der Waals surface area contributed by atoms with Crippen molar-refractivity contribution in [3.8, 4) is 11.5 Å². The fraction of sp³-hybridized carbons (Fsp3) is 0.158. The van der Waals surface area contributed by atoms with Crippen LogP contribution in [-0.4, -0.2) is 23.9 Å². The van der Waals surface area contributed by atoms with Crippen molar-refractivity contribution in [3.05, 3.63) is 56.9 Å². The lowest BCUT2D eigenvalue weighted by atomic mass is 10.1. The molecule has 0 bridgehead atoms. The van der Waals surface area contributed by atoms with Gasteiger partial charge in [-0.2, -0.15) is 0 Å². The monoisotopic (exact) mass is 439 g/mol. The number of para-hydroxylation sites is 1. The Hall–Kier alpha value is -1.73. The van der Waals surface area contributed by atoms with Crippen LogP contribution >= 0.6 is 47.2 Å². The van der Waals surface area contributed by atoms with Crippen molar-refractivity contribution in [1.29, 1.82) is 0 Å². The van der Waals surface area contributed by atoms with Gasteiger partial charge in [-0.15, -0.1) is 0 Å². The summed E-state index contributed by atoms with van der Waals surface area (Å²) in [6.45, 7) is 2.36. The van der Waals surface area contributed by atoms with E-state index in [1.807, 2.05) is 19.1 Å². The summed E-state index contributed by atoms with van der Waals surface area (Å²) in [4.78, 5) is 14.8. The number of thiocarbonyl (C=S) groups is 1. The SMILES string of the molecule is CCOc1c(/C=C2\SC(=S)N(c3ccc(Cl)cc3Cl)C2=O)cccc1OC. The highest BCUT2D eigenvalue weighted by atomic mass is 35.5. The van der Waals surface area contributed by atoms with E-state index in [1.54, 1.807) is 37.5 Å². The molecule has 0 spiro atoms. The lowest BCUT2D eigenvalue weighted by molar-refractivity contribution is -0.113. The molecule has 0 atom stereocenters. The van der Waals surface area contributed by atoms with Crippen molar-refractivity contribution in [2.24, 2.45) is 0 Å². The standard InChI is InChI=1S/C19H15Cl2NO3S2/c1-3-25-17-11(5-4-6-15(17)24-2)9-16-18(23)22(19(26)27-16)14-8-7-12(20)10-13(14)21/h4-10H,3H2,1-2H3/b16-9-. The average molecular weight is 440 g/mol. The third-order valence-corrected chi connectivity index (χ3v) is 5.59. The summed E-state index contributed by atoms with van der Waals surface area (Å²) in [6.07, 6.45) is 1.75. The maximum Gasteiger partial charge on any atom is 0.270 e. The van der Waals surface area contributed by atoms with Crippen LogP contribution in [0, 0.1) is 0 Å². The third-order valence-electron chi connectivity index (χ3n) is 3.75. The van der Waals surface area contributed by atoms with E-state index < -0.39 is 0 Å². The Morgan fingerprint density at radius 2 is 2.04 bits per heavy atom. The maximum absolute atomic E-state index is 13.0. The van der Waals surface area contributed by atoms with Crippen LogP contribution < -0.4 is 14.4 Å². The van der Waals surface area contributed by atoms with Crippen molar-refractivity contribution >= 4 is 69.2 Å².